The molecule has 2 saturated heterocycles. The number of nitrogens with zero attached hydrogens (tertiary/aromatic N) is 3. The zero-order chi connectivity index (χ0) is 18.5. The van der Waals surface area contributed by atoms with E-state index < -0.39 is 17.4 Å². The van der Waals surface area contributed by atoms with Gasteiger partial charge in [0.1, 0.15) is 11.4 Å². The van der Waals surface area contributed by atoms with Crippen molar-refractivity contribution in [3.63, 3.8) is 0 Å². The number of carbonyl (C=O) groups excluding carboxylic acids is 2. The number of carbonyl (C=O) groups is 2. The molecule has 7 heteroatoms. The standard InChI is InChI=1S/C19H26N4O3/c1-4-12(5-2)23-11-19-7-6-13(26-19)15(16(19)18(23)25)17(24)22(3)10-14-20-8-9-21-14/h6-9,12-13,15-16H,4-5,10-11H2,1-3H3,(H,20,21)/t13-,15+,16+,19-/m0/s1. The third-order valence-corrected chi connectivity index (χ3v) is 6.12. The summed E-state index contributed by atoms with van der Waals surface area (Å²) in [6, 6.07) is 0.204. The second-order valence-corrected chi connectivity index (χ2v) is 7.57. The Kier molecular flexibility index (Phi) is 4.14. The molecule has 140 valence electrons. The summed E-state index contributed by atoms with van der Waals surface area (Å²) in [5.74, 6) is -0.124. The highest BCUT2D eigenvalue weighted by Gasteiger charge is 2.67. The van der Waals surface area contributed by atoms with Crippen molar-refractivity contribution in [2.75, 3.05) is 13.6 Å². The predicted octanol–water partition coefficient (Wildman–Crippen LogP) is 1.34. The van der Waals surface area contributed by atoms with E-state index >= 15 is 0 Å². The molecule has 26 heavy (non-hydrogen) atoms. The molecule has 2 fully saturated rings. The van der Waals surface area contributed by atoms with Gasteiger partial charge < -0.3 is 19.5 Å². The van der Waals surface area contributed by atoms with Crippen molar-refractivity contribution in [2.45, 2.75) is 51.0 Å². The third-order valence-electron chi connectivity index (χ3n) is 6.12. The Morgan fingerprint density at radius 3 is 2.92 bits per heavy atom. The van der Waals surface area contributed by atoms with Crippen LogP contribution in [0.3, 0.4) is 0 Å². The van der Waals surface area contributed by atoms with Crippen LogP contribution in [0.2, 0.25) is 0 Å². The summed E-state index contributed by atoms with van der Waals surface area (Å²) in [5, 5.41) is 0. The smallest absolute Gasteiger partial charge is 0.230 e. The molecule has 3 aliphatic rings. The minimum Gasteiger partial charge on any atom is -0.360 e. The number of amides is 2. The molecule has 1 aromatic heterocycles. The monoisotopic (exact) mass is 358 g/mol. The number of H-pyrrole nitrogens is 1. The molecule has 4 heterocycles. The number of ether oxygens (including phenoxy) is 1. The molecule has 3 aliphatic heterocycles. The number of aromatic amines is 1. The highest BCUT2D eigenvalue weighted by Crippen LogP contribution is 2.52. The van der Waals surface area contributed by atoms with Gasteiger partial charge in [-0.05, 0) is 12.8 Å². The van der Waals surface area contributed by atoms with Crippen molar-refractivity contribution < 1.29 is 14.3 Å². The largest absolute Gasteiger partial charge is 0.360 e. The molecule has 0 unspecified atom stereocenters. The second-order valence-electron chi connectivity index (χ2n) is 7.57. The maximum Gasteiger partial charge on any atom is 0.230 e. The first kappa shape index (κ1) is 17.3. The fourth-order valence-corrected chi connectivity index (χ4v) is 4.79. The van der Waals surface area contributed by atoms with Gasteiger partial charge in [-0.3, -0.25) is 9.59 Å². The minimum atomic E-state index is -0.629. The van der Waals surface area contributed by atoms with Gasteiger partial charge >= 0.3 is 0 Å². The third kappa shape index (κ3) is 2.40. The molecule has 2 bridgehead atoms. The van der Waals surface area contributed by atoms with Gasteiger partial charge in [-0.1, -0.05) is 26.0 Å². The first-order valence-corrected chi connectivity index (χ1v) is 9.41. The van der Waals surface area contributed by atoms with Gasteiger partial charge in [-0.2, -0.15) is 0 Å². The van der Waals surface area contributed by atoms with E-state index in [1.165, 1.54) is 0 Å². The maximum atomic E-state index is 13.2. The van der Waals surface area contributed by atoms with Crippen molar-refractivity contribution in [1.29, 1.82) is 0 Å². The summed E-state index contributed by atoms with van der Waals surface area (Å²) in [6.07, 6.45) is 8.90. The van der Waals surface area contributed by atoms with Crippen LogP contribution < -0.4 is 0 Å². The molecule has 1 spiro atoms. The molecule has 0 aliphatic carbocycles. The van der Waals surface area contributed by atoms with Crippen molar-refractivity contribution in [1.82, 2.24) is 19.8 Å². The van der Waals surface area contributed by atoms with Crippen LogP contribution in [0.25, 0.3) is 0 Å². The normalized spacial score (nSPS) is 31.9. The van der Waals surface area contributed by atoms with Gasteiger partial charge in [-0.25, -0.2) is 4.98 Å². The molecule has 0 aromatic carbocycles. The Balaban J connectivity index is 1.57. The number of rotatable bonds is 6. The van der Waals surface area contributed by atoms with E-state index in [-0.39, 0.29) is 24.0 Å². The van der Waals surface area contributed by atoms with Gasteiger partial charge in [0.25, 0.3) is 0 Å². The first-order chi connectivity index (χ1) is 12.5. The lowest BCUT2D eigenvalue weighted by Gasteiger charge is -2.29. The van der Waals surface area contributed by atoms with Crippen molar-refractivity contribution >= 4 is 11.8 Å². The molecule has 1 aromatic rings. The average Bonchev–Trinajstić information content (AvgIpc) is 3.38. The summed E-state index contributed by atoms with van der Waals surface area (Å²) >= 11 is 0. The first-order valence-electron chi connectivity index (χ1n) is 9.41. The number of likely N-dealkylation sites (tertiary alicyclic amines) is 1. The van der Waals surface area contributed by atoms with Crippen LogP contribution in [0.4, 0.5) is 0 Å². The second kappa shape index (κ2) is 6.23. The molecule has 0 saturated carbocycles. The Morgan fingerprint density at radius 2 is 2.27 bits per heavy atom. The number of hydrogen-bond donors (Lipinski definition) is 1. The summed E-state index contributed by atoms with van der Waals surface area (Å²) in [6.45, 7) is 5.15. The highest BCUT2D eigenvalue weighted by molar-refractivity contribution is 5.93. The molecular weight excluding hydrogens is 332 g/mol. The minimum absolute atomic E-state index is 0.0534. The van der Waals surface area contributed by atoms with Crippen LogP contribution in [0.15, 0.2) is 24.5 Å². The van der Waals surface area contributed by atoms with E-state index in [0.29, 0.717) is 13.1 Å². The summed E-state index contributed by atoms with van der Waals surface area (Å²) in [5.41, 5.74) is -0.629. The lowest BCUT2D eigenvalue weighted by Crippen LogP contribution is -2.45. The Labute approximate surface area is 153 Å². The summed E-state index contributed by atoms with van der Waals surface area (Å²) in [4.78, 5) is 37.1. The van der Waals surface area contributed by atoms with Crippen LogP contribution in [0, 0.1) is 11.8 Å². The lowest BCUT2D eigenvalue weighted by molar-refractivity contribution is -0.143. The van der Waals surface area contributed by atoms with Gasteiger partial charge in [0.05, 0.1) is 31.0 Å². The number of nitrogens with one attached hydrogen (secondary N) is 1. The Bertz CT molecular complexity index is 727. The van der Waals surface area contributed by atoms with E-state index in [1.807, 2.05) is 17.1 Å². The summed E-state index contributed by atoms with van der Waals surface area (Å²) < 4.78 is 6.20. The van der Waals surface area contributed by atoms with E-state index in [9.17, 15) is 9.59 Å². The van der Waals surface area contributed by atoms with E-state index in [4.69, 9.17) is 4.74 Å². The number of hydrogen-bond acceptors (Lipinski definition) is 4. The van der Waals surface area contributed by atoms with Gasteiger partial charge in [-0.15, -0.1) is 0 Å². The van der Waals surface area contributed by atoms with E-state index in [2.05, 4.69) is 23.8 Å². The lowest BCUT2D eigenvalue weighted by atomic mass is 9.76. The molecule has 4 rings (SSSR count). The van der Waals surface area contributed by atoms with Gasteiger partial charge in [0.15, 0.2) is 0 Å². The van der Waals surface area contributed by atoms with Gasteiger partial charge in [0, 0.05) is 25.5 Å². The van der Waals surface area contributed by atoms with Crippen LogP contribution in [-0.4, -0.2) is 62.9 Å². The fourth-order valence-electron chi connectivity index (χ4n) is 4.79. The predicted molar refractivity (Wildman–Crippen MR) is 94.9 cm³/mol. The molecule has 7 nitrogen and oxygen atoms in total. The van der Waals surface area contributed by atoms with Crippen LogP contribution >= 0.6 is 0 Å². The molecule has 2 amide bonds. The Hall–Kier alpha value is -2.15. The number of imidazole rings is 1. The zero-order valence-corrected chi connectivity index (χ0v) is 15.5. The van der Waals surface area contributed by atoms with Crippen LogP contribution in [0.1, 0.15) is 32.5 Å². The fraction of sp³-hybridized carbons (Fsp3) is 0.632. The number of fused-ring (bicyclic) bond motifs is 1. The van der Waals surface area contributed by atoms with E-state index in [0.717, 1.165) is 18.7 Å². The molecular formula is C19H26N4O3. The zero-order valence-electron chi connectivity index (χ0n) is 15.5. The van der Waals surface area contributed by atoms with Crippen LogP contribution in [0.5, 0.6) is 0 Å². The van der Waals surface area contributed by atoms with E-state index in [1.54, 1.807) is 24.3 Å². The highest BCUT2D eigenvalue weighted by atomic mass is 16.5. The molecule has 0 radical (unpaired) electrons. The Morgan fingerprint density at radius 1 is 1.50 bits per heavy atom. The topological polar surface area (TPSA) is 78.5 Å². The number of aromatic nitrogens is 2. The SMILES string of the molecule is CCC(CC)N1C[C@]23C=C[C@H](O2)[C@@H](C(=O)N(C)Cc2ncc[nH]2)[C@@H]3C1=O. The van der Waals surface area contributed by atoms with Gasteiger partial charge in [0.2, 0.25) is 11.8 Å². The maximum absolute atomic E-state index is 13.2. The molecule has 4 atom stereocenters. The summed E-state index contributed by atoms with van der Waals surface area (Å²) in [7, 11) is 1.76. The van der Waals surface area contributed by atoms with Crippen molar-refractivity contribution in [3.8, 4) is 0 Å². The van der Waals surface area contributed by atoms with Crippen LogP contribution in [-0.2, 0) is 20.9 Å². The average molecular weight is 358 g/mol. The quantitative estimate of drug-likeness (QED) is 0.779. The molecule has 1 N–H and O–H groups in total. The van der Waals surface area contributed by atoms with Crippen molar-refractivity contribution in [2.24, 2.45) is 11.8 Å². The van der Waals surface area contributed by atoms with Crippen molar-refractivity contribution in [3.05, 3.63) is 30.4 Å².